The fraction of sp³-hybridized carbons (Fsp3) is 0.733. The molecule has 0 amide bonds. The van der Waals surface area contributed by atoms with Crippen LogP contribution in [0.4, 0.5) is 0 Å². The van der Waals surface area contributed by atoms with Gasteiger partial charge in [-0.2, -0.15) is 0 Å². The SMILES string of the molecule is C=C[C@@](C)(COC1CCCCO1)CC1O[C@@H](Sc2ccccc2)[C@]23[C@H](CC[C@H]2O)CC[C@@H](C)[C@@]13C. The summed E-state index contributed by atoms with van der Waals surface area (Å²) >= 11 is 1.82. The number of ether oxygens (including phenoxy) is 3. The lowest BCUT2D eigenvalue weighted by Gasteiger charge is -2.56. The summed E-state index contributed by atoms with van der Waals surface area (Å²) in [4.78, 5) is 1.22. The lowest BCUT2D eigenvalue weighted by atomic mass is 9.47. The van der Waals surface area contributed by atoms with Crippen molar-refractivity contribution in [3.63, 3.8) is 0 Å². The molecule has 1 aromatic rings. The third-order valence-electron chi connectivity index (χ3n) is 10.1. The highest BCUT2D eigenvalue weighted by Crippen LogP contribution is 2.73. The monoisotopic (exact) mass is 500 g/mol. The minimum atomic E-state index is -0.326. The first-order valence-corrected chi connectivity index (χ1v) is 14.6. The van der Waals surface area contributed by atoms with E-state index in [4.69, 9.17) is 14.2 Å². The number of benzene rings is 1. The van der Waals surface area contributed by atoms with Crippen LogP contribution in [0.25, 0.3) is 0 Å². The van der Waals surface area contributed by atoms with Gasteiger partial charge >= 0.3 is 0 Å². The van der Waals surface area contributed by atoms with Gasteiger partial charge in [0.1, 0.15) is 5.44 Å². The molecular weight excluding hydrogens is 456 g/mol. The first-order valence-electron chi connectivity index (χ1n) is 13.8. The summed E-state index contributed by atoms with van der Waals surface area (Å²) in [6.45, 7) is 12.7. The fourth-order valence-electron chi connectivity index (χ4n) is 7.83. The van der Waals surface area contributed by atoms with Crippen LogP contribution in [-0.4, -0.2) is 42.3 Å². The summed E-state index contributed by atoms with van der Waals surface area (Å²) in [6.07, 6.45) is 10.1. The Morgan fingerprint density at radius 1 is 1.17 bits per heavy atom. The Bertz CT molecular complexity index is 872. The van der Waals surface area contributed by atoms with Crippen molar-refractivity contribution in [1.29, 1.82) is 0 Å². The van der Waals surface area contributed by atoms with Gasteiger partial charge in [0.2, 0.25) is 0 Å². The Morgan fingerprint density at radius 2 is 1.94 bits per heavy atom. The molecule has 5 rings (SSSR count). The largest absolute Gasteiger partial charge is 0.392 e. The molecule has 2 heterocycles. The number of thioether (sulfide) groups is 1. The lowest BCUT2D eigenvalue weighted by molar-refractivity contribution is -0.178. The standard InChI is InChI=1S/C30H44O4S/c1-5-28(3,20-33-26-13-9-10-18-32-26)19-25-29(4)21(2)14-15-22-16-17-24(31)30(22,29)27(34-25)35-23-11-7-6-8-12-23/h5-8,11-12,21-22,24-27,31H,1,9-10,13-20H2,2-4H3/t21-,22+,24-,25?,26?,27+,28-,29+,30+/m1/s1. The number of hydrogen-bond acceptors (Lipinski definition) is 5. The Labute approximate surface area is 216 Å². The highest BCUT2D eigenvalue weighted by atomic mass is 32.2. The van der Waals surface area contributed by atoms with Gasteiger partial charge in [-0.3, -0.25) is 0 Å². The quantitative estimate of drug-likeness (QED) is 0.397. The molecule has 2 aliphatic carbocycles. The van der Waals surface area contributed by atoms with Crippen molar-refractivity contribution in [3.05, 3.63) is 43.0 Å². The van der Waals surface area contributed by atoms with Gasteiger partial charge in [-0.1, -0.05) is 56.8 Å². The minimum absolute atomic E-state index is 0.0353. The van der Waals surface area contributed by atoms with Crippen LogP contribution < -0.4 is 0 Å². The number of aliphatic hydroxyl groups is 1. The van der Waals surface area contributed by atoms with Crippen molar-refractivity contribution < 1.29 is 19.3 Å². The van der Waals surface area contributed by atoms with Crippen LogP contribution in [0.5, 0.6) is 0 Å². The molecular formula is C30H44O4S. The van der Waals surface area contributed by atoms with Crippen molar-refractivity contribution in [1.82, 2.24) is 0 Å². The predicted molar refractivity (Wildman–Crippen MR) is 141 cm³/mol. The Morgan fingerprint density at radius 3 is 2.66 bits per heavy atom. The summed E-state index contributed by atoms with van der Waals surface area (Å²) in [5.41, 5.74) is -0.616. The van der Waals surface area contributed by atoms with Crippen molar-refractivity contribution >= 4 is 11.8 Å². The zero-order valence-corrected chi connectivity index (χ0v) is 22.6. The van der Waals surface area contributed by atoms with Crippen molar-refractivity contribution in [3.8, 4) is 0 Å². The van der Waals surface area contributed by atoms with E-state index in [1.54, 1.807) is 0 Å². The van der Waals surface area contributed by atoms with Crippen LogP contribution in [0.2, 0.25) is 0 Å². The second-order valence-corrected chi connectivity index (χ2v) is 13.2. The first kappa shape index (κ1) is 25.8. The van der Waals surface area contributed by atoms with Gasteiger partial charge in [-0.15, -0.1) is 6.58 Å². The second-order valence-electron chi connectivity index (χ2n) is 12.0. The smallest absolute Gasteiger partial charge is 0.157 e. The number of rotatable bonds is 8. The molecule has 0 bridgehead atoms. The van der Waals surface area contributed by atoms with Gasteiger partial charge in [0.15, 0.2) is 6.29 Å². The molecule has 4 nitrogen and oxygen atoms in total. The van der Waals surface area contributed by atoms with Gasteiger partial charge < -0.3 is 19.3 Å². The van der Waals surface area contributed by atoms with E-state index in [0.29, 0.717) is 18.4 Å². The molecule has 1 aromatic carbocycles. The summed E-state index contributed by atoms with van der Waals surface area (Å²) < 4.78 is 19.2. The molecule has 4 aliphatic rings. The van der Waals surface area contributed by atoms with Crippen LogP contribution in [0.3, 0.4) is 0 Å². The molecule has 0 radical (unpaired) electrons. The normalized spacial score (nSPS) is 42.7. The average molecular weight is 501 g/mol. The molecule has 2 saturated carbocycles. The average Bonchev–Trinajstić information content (AvgIpc) is 3.35. The second kappa shape index (κ2) is 10.1. The van der Waals surface area contributed by atoms with Crippen LogP contribution in [0.1, 0.15) is 72.1 Å². The number of hydrogen-bond donors (Lipinski definition) is 1. The highest BCUT2D eigenvalue weighted by molar-refractivity contribution is 7.99. The van der Waals surface area contributed by atoms with Crippen molar-refractivity contribution in [2.75, 3.05) is 13.2 Å². The van der Waals surface area contributed by atoms with Gasteiger partial charge in [-0.25, -0.2) is 0 Å². The zero-order valence-electron chi connectivity index (χ0n) is 21.8. The molecule has 9 atom stereocenters. The van der Waals surface area contributed by atoms with Gasteiger partial charge in [-0.05, 0) is 75.3 Å². The molecule has 35 heavy (non-hydrogen) atoms. The molecule has 1 spiro atoms. The van der Waals surface area contributed by atoms with Crippen LogP contribution >= 0.6 is 11.8 Å². The zero-order chi connectivity index (χ0) is 24.7. The summed E-state index contributed by atoms with van der Waals surface area (Å²) in [6, 6.07) is 10.6. The molecule has 2 saturated heterocycles. The maximum absolute atomic E-state index is 11.7. The van der Waals surface area contributed by atoms with Crippen molar-refractivity contribution in [2.45, 2.75) is 101 Å². The van der Waals surface area contributed by atoms with Crippen LogP contribution in [-0.2, 0) is 14.2 Å². The Balaban J connectivity index is 1.44. The predicted octanol–water partition coefficient (Wildman–Crippen LogP) is 6.82. The van der Waals surface area contributed by atoms with Gasteiger partial charge in [0.05, 0.1) is 18.8 Å². The van der Waals surface area contributed by atoms with E-state index in [2.05, 4.69) is 63.8 Å². The van der Waals surface area contributed by atoms with Gasteiger partial charge in [0.25, 0.3) is 0 Å². The molecule has 4 fully saturated rings. The maximum atomic E-state index is 11.7. The molecule has 5 heteroatoms. The van der Waals surface area contributed by atoms with E-state index in [0.717, 1.165) is 45.1 Å². The van der Waals surface area contributed by atoms with E-state index >= 15 is 0 Å². The highest BCUT2D eigenvalue weighted by Gasteiger charge is 2.74. The first-order chi connectivity index (χ1) is 16.8. The van der Waals surface area contributed by atoms with E-state index in [1.165, 1.54) is 17.7 Å². The van der Waals surface area contributed by atoms with E-state index in [1.807, 2.05) is 11.8 Å². The van der Waals surface area contributed by atoms with Crippen molar-refractivity contribution in [2.24, 2.45) is 28.1 Å². The minimum Gasteiger partial charge on any atom is -0.392 e. The molecule has 2 unspecified atom stereocenters. The van der Waals surface area contributed by atoms with E-state index < -0.39 is 0 Å². The lowest BCUT2D eigenvalue weighted by Crippen LogP contribution is -2.59. The summed E-state index contributed by atoms with van der Waals surface area (Å²) in [5, 5.41) is 11.7. The van der Waals surface area contributed by atoms with Crippen LogP contribution in [0, 0.1) is 28.1 Å². The molecule has 194 valence electrons. The third-order valence-corrected chi connectivity index (χ3v) is 11.4. The van der Waals surface area contributed by atoms with Crippen LogP contribution in [0.15, 0.2) is 47.9 Å². The van der Waals surface area contributed by atoms with Gasteiger partial charge in [0, 0.05) is 27.7 Å². The summed E-state index contributed by atoms with van der Waals surface area (Å²) in [7, 11) is 0. The Kier molecular flexibility index (Phi) is 7.47. The molecule has 2 aliphatic heterocycles. The third kappa shape index (κ3) is 4.33. The molecule has 0 aromatic heterocycles. The van der Waals surface area contributed by atoms with E-state index in [-0.39, 0.29) is 40.2 Å². The maximum Gasteiger partial charge on any atom is 0.157 e. The molecule has 1 N–H and O–H groups in total. The number of aliphatic hydroxyl groups excluding tert-OH is 1. The summed E-state index contributed by atoms with van der Waals surface area (Å²) in [5.74, 6) is 0.987. The van der Waals surface area contributed by atoms with E-state index in [9.17, 15) is 5.11 Å². The fourth-order valence-corrected chi connectivity index (χ4v) is 9.38. The Hall–Kier alpha value is -0.850. The topological polar surface area (TPSA) is 47.9 Å².